The second-order valence-electron chi connectivity index (χ2n) is 7.16. The molecular weight excluding hydrogens is 254 g/mol. The molecule has 1 amide bonds. The Labute approximate surface area is 120 Å². The number of carbonyl (C=O) groups excluding carboxylic acids is 2. The van der Waals surface area contributed by atoms with Gasteiger partial charge < -0.3 is 10.1 Å². The van der Waals surface area contributed by atoms with Gasteiger partial charge in [0.25, 0.3) is 0 Å². The van der Waals surface area contributed by atoms with Crippen LogP contribution >= 0.6 is 0 Å². The highest BCUT2D eigenvalue weighted by Crippen LogP contribution is 2.60. The van der Waals surface area contributed by atoms with Gasteiger partial charge in [-0.1, -0.05) is 6.92 Å². The highest BCUT2D eigenvalue weighted by Gasteiger charge is 2.54. The second-order valence-corrected chi connectivity index (χ2v) is 7.16. The molecule has 20 heavy (non-hydrogen) atoms. The number of hydrogen-bond donors (Lipinski definition) is 1. The fourth-order valence-corrected chi connectivity index (χ4v) is 5.17. The molecule has 0 heterocycles. The van der Waals surface area contributed by atoms with Gasteiger partial charge in [-0.25, -0.2) is 4.79 Å². The third kappa shape index (κ3) is 2.23. The van der Waals surface area contributed by atoms with Gasteiger partial charge in [0.05, 0.1) is 7.11 Å². The van der Waals surface area contributed by atoms with Crippen LogP contribution in [0, 0.1) is 23.2 Å². The van der Waals surface area contributed by atoms with E-state index in [4.69, 9.17) is 4.74 Å². The second kappa shape index (κ2) is 5.05. The first-order valence-corrected chi connectivity index (χ1v) is 7.95. The van der Waals surface area contributed by atoms with Crippen molar-refractivity contribution in [3.05, 3.63) is 0 Å². The maximum absolute atomic E-state index is 12.8. The summed E-state index contributed by atoms with van der Waals surface area (Å²) in [4.78, 5) is 24.4. The third-order valence-corrected chi connectivity index (χ3v) is 5.72. The minimum atomic E-state index is -0.486. The zero-order valence-electron chi connectivity index (χ0n) is 12.5. The molecule has 0 aliphatic heterocycles. The van der Waals surface area contributed by atoms with Crippen LogP contribution in [0.25, 0.3) is 0 Å². The summed E-state index contributed by atoms with van der Waals surface area (Å²) >= 11 is 0. The molecule has 4 nitrogen and oxygen atoms in total. The van der Waals surface area contributed by atoms with Crippen LogP contribution in [0.4, 0.5) is 0 Å². The van der Waals surface area contributed by atoms with Gasteiger partial charge in [-0.2, -0.15) is 0 Å². The normalized spacial score (nSPS) is 39.4. The van der Waals surface area contributed by atoms with Crippen LogP contribution in [0.2, 0.25) is 0 Å². The van der Waals surface area contributed by atoms with Gasteiger partial charge in [-0.05, 0) is 62.7 Å². The average molecular weight is 279 g/mol. The van der Waals surface area contributed by atoms with Crippen molar-refractivity contribution in [2.75, 3.05) is 7.11 Å². The summed E-state index contributed by atoms with van der Waals surface area (Å²) in [6.07, 6.45) is 7.64. The van der Waals surface area contributed by atoms with Crippen molar-refractivity contribution >= 4 is 11.9 Å². The van der Waals surface area contributed by atoms with Gasteiger partial charge in [0.15, 0.2) is 0 Å². The molecule has 1 N–H and O–H groups in total. The fourth-order valence-electron chi connectivity index (χ4n) is 5.17. The highest BCUT2D eigenvalue weighted by molar-refractivity contribution is 5.88. The molecule has 1 atom stereocenters. The van der Waals surface area contributed by atoms with E-state index < -0.39 is 6.04 Å². The number of methoxy groups -OCH3 is 1. The van der Waals surface area contributed by atoms with E-state index in [1.54, 1.807) is 0 Å². The SMILES string of the molecule is CCC(NC(=O)C12CC3CC(CC(C3)C1)C2)C(=O)OC. The first kappa shape index (κ1) is 13.9. The Balaban J connectivity index is 1.72. The van der Waals surface area contributed by atoms with E-state index in [9.17, 15) is 9.59 Å². The van der Waals surface area contributed by atoms with E-state index in [-0.39, 0.29) is 17.3 Å². The molecule has 0 aromatic heterocycles. The monoisotopic (exact) mass is 279 g/mol. The number of esters is 1. The molecule has 4 heteroatoms. The molecule has 4 aliphatic carbocycles. The molecule has 0 saturated heterocycles. The number of ether oxygens (including phenoxy) is 1. The molecule has 0 radical (unpaired) electrons. The molecule has 4 rings (SSSR count). The number of carbonyl (C=O) groups is 2. The number of amides is 1. The van der Waals surface area contributed by atoms with Crippen molar-refractivity contribution in [1.29, 1.82) is 0 Å². The van der Waals surface area contributed by atoms with Crippen molar-refractivity contribution < 1.29 is 14.3 Å². The fraction of sp³-hybridized carbons (Fsp3) is 0.875. The third-order valence-electron chi connectivity index (χ3n) is 5.72. The Kier molecular flexibility index (Phi) is 3.51. The lowest BCUT2D eigenvalue weighted by molar-refractivity contribution is -0.152. The standard InChI is InChI=1S/C16H25NO3/c1-3-13(14(18)20-2)17-15(19)16-7-10-4-11(8-16)6-12(5-10)9-16/h10-13H,3-9H2,1-2H3,(H,17,19). The maximum atomic E-state index is 12.8. The lowest BCUT2D eigenvalue weighted by atomic mass is 9.49. The molecule has 0 aromatic rings. The van der Waals surface area contributed by atoms with Crippen molar-refractivity contribution in [3.63, 3.8) is 0 Å². The van der Waals surface area contributed by atoms with Gasteiger partial charge >= 0.3 is 5.97 Å². The summed E-state index contributed by atoms with van der Waals surface area (Å²) in [6.45, 7) is 1.90. The van der Waals surface area contributed by atoms with E-state index in [0.717, 1.165) is 37.0 Å². The molecule has 4 bridgehead atoms. The highest BCUT2D eigenvalue weighted by atomic mass is 16.5. The van der Waals surface area contributed by atoms with Crippen LogP contribution in [0.3, 0.4) is 0 Å². The van der Waals surface area contributed by atoms with Gasteiger partial charge in [0.1, 0.15) is 6.04 Å². The zero-order valence-corrected chi connectivity index (χ0v) is 12.5. The van der Waals surface area contributed by atoms with Gasteiger partial charge in [-0.15, -0.1) is 0 Å². The van der Waals surface area contributed by atoms with E-state index in [1.807, 2.05) is 6.92 Å². The predicted octanol–water partition coefficient (Wildman–Crippen LogP) is 2.27. The van der Waals surface area contributed by atoms with Crippen molar-refractivity contribution in [1.82, 2.24) is 5.32 Å². The van der Waals surface area contributed by atoms with Crippen molar-refractivity contribution in [2.24, 2.45) is 23.2 Å². The molecule has 4 fully saturated rings. The van der Waals surface area contributed by atoms with Crippen LogP contribution in [0.15, 0.2) is 0 Å². The summed E-state index contributed by atoms with van der Waals surface area (Å²) in [5.41, 5.74) is -0.184. The minimum Gasteiger partial charge on any atom is -0.467 e. The zero-order chi connectivity index (χ0) is 14.3. The summed E-state index contributed by atoms with van der Waals surface area (Å²) in [6, 6.07) is -0.486. The molecule has 0 spiro atoms. The summed E-state index contributed by atoms with van der Waals surface area (Å²) in [7, 11) is 1.38. The van der Waals surface area contributed by atoms with Crippen LogP contribution in [-0.4, -0.2) is 25.0 Å². The Bertz CT molecular complexity index is 383. The van der Waals surface area contributed by atoms with Crippen LogP contribution < -0.4 is 5.32 Å². The molecule has 112 valence electrons. The largest absolute Gasteiger partial charge is 0.467 e. The Hall–Kier alpha value is -1.06. The van der Waals surface area contributed by atoms with E-state index in [1.165, 1.54) is 26.4 Å². The van der Waals surface area contributed by atoms with Crippen LogP contribution in [-0.2, 0) is 14.3 Å². The quantitative estimate of drug-likeness (QED) is 0.803. The van der Waals surface area contributed by atoms with Gasteiger partial charge in [-0.3, -0.25) is 4.79 Å². The minimum absolute atomic E-state index is 0.105. The van der Waals surface area contributed by atoms with Crippen molar-refractivity contribution in [3.8, 4) is 0 Å². The van der Waals surface area contributed by atoms with Crippen LogP contribution in [0.5, 0.6) is 0 Å². The Morgan fingerprint density at radius 2 is 1.65 bits per heavy atom. The van der Waals surface area contributed by atoms with Crippen molar-refractivity contribution in [2.45, 2.75) is 57.9 Å². The molecule has 1 unspecified atom stereocenters. The van der Waals surface area contributed by atoms with E-state index >= 15 is 0 Å². The lowest BCUT2D eigenvalue weighted by Gasteiger charge is -2.55. The van der Waals surface area contributed by atoms with Gasteiger partial charge in [0, 0.05) is 5.41 Å². The molecule has 4 saturated carbocycles. The Morgan fingerprint density at radius 1 is 1.15 bits per heavy atom. The Morgan fingerprint density at radius 3 is 2.05 bits per heavy atom. The van der Waals surface area contributed by atoms with E-state index in [2.05, 4.69) is 5.32 Å². The number of nitrogens with one attached hydrogen (secondary N) is 1. The molecule has 0 aromatic carbocycles. The maximum Gasteiger partial charge on any atom is 0.328 e. The van der Waals surface area contributed by atoms with Crippen LogP contribution in [0.1, 0.15) is 51.9 Å². The van der Waals surface area contributed by atoms with Gasteiger partial charge in [0.2, 0.25) is 5.91 Å². The molecule has 4 aliphatic rings. The topological polar surface area (TPSA) is 55.4 Å². The smallest absolute Gasteiger partial charge is 0.328 e. The van der Waals surface area contributed by atoms with E-state index in [0.29, 0.717) is 6.42 Å². The predicted molar refractivity (Wildman–Crippen MR) is 74.8 cm³/mol. The number of rotatable bonds is 4. The first-order chi connectivity index (χ1) is 9.56. The summed E-state index contributed by atoms with van der Waals surface area (Å²) < 4.78 is 4.77. The average Bonchev–Trinajstić information content (AvgIpc) is 2.42. The molecular formula is C16H25NO3. The first-order valence-electron chi connectivity index (χ1n) is 7.95. The number of hydrogen-bond acceptors (Lipinski definition) is 3. The lowest BCUT2D eigenvalue weighted by Crippen LogP contribution is -2.56. The summed E-state index contributed by atoms with van der Waals surface area (Å²) in [5.74, 6) is 2.00. The summed E-state index contributed by atoms with van der Waals surface area (Å²) in [5, 5.41) is 2.96.